The van der Waals surface area contributed by atoms with E-state index in [2.05, 4.69) is 21.3 Å². The number of carbonyl (C=O) groups excluding carboxylic acids is 5. The zero-order valence-corrected chi connectivity index (χ0v) is 25.2. The third-order valence-corrected chi connectivity index (χ3v) is 6.68. The fourth-order valence-electron chi connectivity index (χ4n) is 4.41. The molecule has 5 amide bonds. The molecular weight excluding hydrogens is 584 g/mol. The Morgan fingerprint density at radius 3 is 1.71 bits per heavy atom. The lowest BCUT2D eigenvalue weighted by Crippen LogP contribution is -2.59. The van der Waals surface area contributed by atoms with Crippen molar-refractivity contribution in [3.8, 4) is 0 Å². The number of unbranched alkanes of at least 4 members (excludes halogenated alkanes) is 1. The van der Waals surface area contributed by atoms with Crippen molar-refractivity contribution in [3.05, 3.63) is 71.8 Å². The van der Waals surface area contributed by atoms with Crippen LogP contribution in [0.5, 0.6) is 0 Å². The minimum absolute atomic E-state index is 0.00666. The number of alkyl carbamates (subject to hydrolysis) is 1. The van der Waals surface area contributed by atoms with Crippen molar-refractivity contribution < 1.29 is 38.6 Å². The Bertz CT molecular complexity index is 1280. The highest BCUT2D eigenvalue weighted by molar-refractivity contribution is 5.96. The molecule has 244 valence electrons. The van der Waals surface area contributed by atoms with E-state index >= 15 is 0 Å². The van der Waals surface area contributed by atoms with Crippen LogP contribution in [0.3, 0.4) is 0 Å². The lowest BCUT2D eigenvalue weighted by atomic mass is 10.0. The number of rotatable bonds is 19. The van der Waals surface area contributed by atoms with Crippen molar-refractivity contribution in [1.29, 1.82) is 0 Å². The summed E-state index contributed by atoms with van der Waals surface area (Å²) in [6, 6.07) is 12.2. The van der Waals surface area contributed by atoms with Crippen molar-refractivity contribution in [3.63, 3.8) is 0 Å². The van der Waals surface area contributed by atoms with Gasteiger partial charge in [0.15, 0.2) is 0 Å². The molecule has 0 spiro atoms. The van der Waals surface area contributed by atoms with E-state index in [1.807, 2.05) is 0 Å². The fourth-order valence-corrected chi connectivity index (χ4v) is 4.41. The van der Waals surface area contributed by atoms with Gasteiger partial charge in [0.2, 0.25) is 23.6 Å². The molecule has 0 heterocycles. The van der Waals surface area contributed by atoms with E-state index in [9.17, 15) is 33.9 Å². The molecule has 4 atom stereocenters. The molecule has 0 aliphatic rings. The van der Waals surface area contributed by atoms with Gasteiger partial charge in [0.05, 0.1) is 13.0 Å². The molecule has 0 unspecified atom stereocenters. The summed E-state index contributed by atoms with van der Waals surface area (Å²) in [6.07, 6.45) is -0.281. The number of primary amides is 1. The Balaban J connectivity index is 2.28. The van der Waals surface area contributed by atoms with E-state index in [4.69, 9.17) is 16.2 Å². The van der Waals surface area contributed by atoms with Crippen LogP contribution in [-0.2, 0) is 41.6 Å². The molecule has 2 rings (SSSR count). The number of carboxylic acids is 1. The Morgan fingerprint density at radius 1 is 0.711 bits per heavy atom. The molecule has 45 heavy (non-hydrogen) atoms. The normalized spacial score (nSPS) is 13.3. The Hall–Kier alpha value is -4.98. The van der Waals surface area contributed by atoms with E-state index in [0.29, 0.717) is 30.5 Å². The summed E-state index contributed by atoms with van der Waals surface area (Å²) in [7, 11) is 0. The highest BCUT2D eigenvalue weighted by Crippen LogP contribution is 2.09. The van der Waals surface area contributed by atoms with Crippen LogP contribution in [0.15, 0.2) is 60.7 Å². The number of amides is 5. The van der Waals surface area contributed by atoms with E-state index in [-0.39, 0.29) is 25.9 Å². The van der Waals surface area contributed by atoms with Crippen molar-refractivity contribution in [2.24, 2.45) is 11.5 Å². The lowest BCUT2D eigenvalue weighted by molar-refractivity contribution is -0.142. The molecule has 14 heteroatoms. The van der Waals surface area contributed by atoms with E-state index in [1.165, 1.54) is 0 Å². The second-order valence-corrected chi connectivity index (χ2v) is 10.3. The van der Waals surface area contributed by atoms with E-state index in [1.54, 1.807) is 67.6 Å². The van der Waals surface area contributed by atoms with Gasteiger partial charge in [-0.05, 0) is 43.9 Å². The lowest BCUT2D eigenvalue weighted by Gasteiger charge is -2.26. The molecule has 2 aromatic carbocycles. The monoisotopic (exact) mass is 626 g/mol. The van der Waals surface area contributed by atoms with Gasteiger partial charge in [0.1, 0.15) is 24.2 Å². The van der Waals surface area contributed by atoms with Crippen molar-refractivity contribution in [1.82, 2.24) is 21.3 Å². The van der Waals surface area contributed by atoms with Crippen LogP contribution in [0.25, 0.3) is 0 Å². The molecule has 9 N–H and O–H groups in total. The molecule has 0 aromatic heterocycles. The standard InChI is InChI=1S/C31H42N6O8/c1-2-45-31(44)37-22(15-9-10-16-32)27(39)35-24(19-26(33)38)29(41)34-23(17-20-11-5-3-6-12-20)28(40)36-25(30(42)43)18-21-13-7-4-8-14-21/h3-8,11-14,22-25H,2,9-10,15-19,32H2,1H3,(H2,33,38)(H,34,41)(H,35,39)(H,36,40)(H,37,44)(H,42,43)/t22-,23-,24-,25-/m0/s1. The average molecular weight is 627 g/mol. The first kappa shape index (κ1) is 36.2. The van der Waals surface area contributed by atoms with Crippen LogP contribution in [0.1, 0.15) is 43.7 Å². The maximum atomic E-state index is 13.5. The average Bonchev–Trinajstić information content (AvgIpc) is 3.00. The maximum absolute atomic E-state index is 13.5. The van der Waals surface area contributed by atoms with Crippen molar-refractivity contribution >= 4 is 35.7 Å². The van der Waals surface area contributed by atoms with Crippen LogP contribution in [0.4, 0.5) is 4.79 Å². The molecule has 0 radical (unpaired) electrons. The predicted molar refractivity (Wildman–Crippen MR) is 164 cm³/mol. The van der Waals surface area contributed by atoms with Gasteiger partial charge in [0, 0.05) is 12.8 Å². The summed E-state index contributed by atoms with van der Waals surface area (Å²) >= 11 is 0. The first-order valence-electron chi connectivity index (χ1n) is 14.7. The van der Waals surface area contributed by atoms with E-state index < -0.39 is 66.3 Å². The predicted octanol–water partition coefficient (Wildman–Crippen LogP) is 0.130. The maximum Gasteiger partial charge on any atom is 0.407 e. The Kier molecular flexibility index (Phi) is 15.6. The summed E-state index contributed by atoms with van der Waals surface area (Å²) in [5.41, 5.74) is 12.2. The van der Waals surface area contributed by atoms with Gasteiger partial charge in [-0.2, -0.15) is 0 Å². The smallest absolute Gasteiger partial charge is 0.407 e. The molecule has 0 aliphatic carbocycles. The van der Waals surface area contributed by atoms with Gasteiger partial charge in [-0.1, -0.05) is 60.7 Å². The zero-order chi connectivity index (χ0) is 33.2. The van der Waals surface area contributed by atoms with Crippen LogP contribution >= 0.6 is 0 Å². The molecule has 0 bridgehead atoms. The molecule has 2 aromatic rings. The van der Waals surface area contributed by atoms with Gasteiger partial charge in [-0.15, -0.1) is 0 Å². The van der Waals surface area contributed by atoms with Gasteiger partial charge in [-0.3, -0.25) is 19.2 Å². The first-order valence-corrected chi connectivity index (χ1v) is 14.7. The van der Waals surface area contributed by atoms with Gasteiger partial charge in [-0.25, -0.2) is 9.59 Å². The highest BCUT2D eigenvalue weighted by atomic mass is 16.5. The van der Waals surface area contributed by atoms with Crippen LogP contribution in [0, 0.1) is 0 Å². The molecule has 0 fully saturated rings. The molecule has 0 aliphatic heterocycles. The number of carbonyl (C=O) groups is 6. The van der Waals surface area contributed by atoms with Crippen molar-refractivity contribution in [2.45, 2.75) is 69.6 Å². The SMILES string of the molecule is CCOC(=O)N[C@@H](CCCCN)C(=O)N[C@@H](CC(N)=O)C(=O)N[C@@H](Cc1ccccc1)C(=O)N[C@@H](Cc1ccccc1)C(=O)O. The Morgan fingerprint density at radius 2 is 1.20 bits per heavy atom. The first-order chi connectivity index (χ1) is 21.5. The third-order valence-electron chi connectivity index (χ3n) is 6.68. The summed E-state index contributed by atoms with van der Waals surface area (Å²) < 4.78 is 4.87. The number of benzene rings is 2. The zero-order valence-electron chi connectivity index (χ0n) is 25.2. The minimum Gasteiger partial charge on any atom is -0.480 e. The van der Waals surface area contributed by atoms with E-state index in [0.717, 1.165) is 0 Å². The summed E-state index contributed by atoms with van der Waals surface area (Å²) in [5, 5.41) is 19.7. The van der Waals surface area contributed by atoms with Gasteiger partial charge >= 0.3 is 12.1 Å². The second kappa shape index (κ2) is 19.3. The molecule has 0 saturated carbocycles. The highest BCUT2D eigenvalue weighted by Gasteiger charge is 2.32. The number of hydrogen-bond acceptors (Lipinski definition) is 8. The largest absolute Gasteiger partial charge is 0.480 e. The number of aliphatic carboxylic acids is 1. The quantitative estimate of drug-likeness (QED) is 0.105. The van der Waals surface area contributed by atoms with Crippen LogP contribution in [0.2, 0.25) is 0 Å². The number of nitrogens with one attached hydrogen (secondary N) is 4. The Labute approximate surface area is 261 Å². The fraction of sp³-hybridized carbons (Fsp3) is 0.419. The van der Waals surface area contributed by atoms with Gasteiger partial charge < -0.3 is 42.6 Å². The molecule has 14 nitrogen and oxygen atoms in total. The van der Waals surface area contributed by atoms with Gasteiger partial charge in [0.25, 0.3) is 0 Å². The van der Waals surface area contributed by atoms with Crippen LogP contribution in [-0.4, -0.2) is 78.1 Å². The third kappa shape index (κ3) is 13.5. The number of ether oxygens (including phenoxy) is 1. The number of hydrogen-bond donors (Lipinski definition) is 7. The molecular formula is C31H42N6O8. The van der Waals surface area contributed by atoms with Crippen molar-refractivity contribution in [2.75, 3.05) is 13.2 Å². The summed E-state index contributed by atoms with van der Waals surface area (Å²) in [5.74, 6) is -4.66. The molecule has 0 saturated heterocycles. The summed E-state index contributed by atoms with van der Waals surface area (Å²) in [6.45, 7) is 2.02. The second-order valence-electron chi connectivity index (χ2n) is 10.3. The number of carboxylic acid groups (broad SMARTS) is 1. The minimum atomic E-state index is -1.51. The number of nitrogens with two attached hydrogens (primary N) is 2. The van der Waals surface area contributed by atoms with Crippen LogP contribution < -0.4 is 32.7 Å². The summed E-state index contributed by atoms with van der Waals surface area (Å²) in [4.78, 5) is 76.1. The topological polar surface area (TPSA) is 232 Å².